The lowest BCUT2D eigenvalue weighted by atomic mass is 9.68. The normalized spacial score (nSPS) is 47.1. The number of aliphatic hydroxyl groups is 1. The fraction of sp³-hybridized carbons (Fsp3) is 0.864. The van der Waals surface area contributed by atoms with Gasteiger partial charge in [-0.2, -0.15) is 0 Å². The van der Waals surface area contributed by atoms with Gasteiger partial charge in [0.25, 0.3) is 0 Å². The fourth-order valence-corrected chi connectivity index (χ4v) is 6.40. The van der Waals surface area contributed by atoms with Crippen LogP contribution >= 0.6 is 0 Å². The van der Waals surface area contributed by atoms with Crippen LogP contribution in [-0.4, -0.2) is 65.4 Å². The summed E-state index contributed by atoms with van der Waals surface area (Å²) in [6.45, 7) is 10.2. The second kappa shape index (κ2) is 7.15. The molecular formula is C22H32O9. The van der Waals surface area contributed by atoms with E-state index in [2.05, 4.69) is 20.8 Å². The zero-order valence-electron chi connectivity index (χ0n) is 18.9. The molecule has 9 heteroatoms. The van der Waals surface area contributed by atoms with Crippen molar-refractivity contribution in [2.45, 2.75) is 103 Å². The average Bonchev–Trinajstić information content (AvgIpc) is 3.18. The molecule has 1 heterocycles. The number of ether oxygens (including phenoxy) is 5. The molecule has 9 atom stereocenters. The van der Waals surface area contributed by atoms with Crippen molar-refractivity contribution < 1.29 is 43.2 Å². The van der Waals surface area contributed by atoms with E-state index in [1.165, 1.54) is 20.8 Å². The Morgan fingerprint density at radius 1 is 0.839 bits per heavy atom. The van der Waals surface area contributed by atoms with E-state index >= 15 is 0 Å². The van der Waals surface area contributed by atoms with Gasteiger partial charge in [0.2, 0.25) is 0 Å². The van der Waals surface area contributed by atoms with Crippen molar-refractivity contribution in [2.24, 2.45) is 16.7 Å². The van der Waals surface area contributed by atoms with Crippen molar-refractivity contribution in [1.29, 1.82) is 0 Å². The second-order valence-corrected chi connectivity index (χ2v) is 10.1. The zero-order valence-corrected chi connectivity index (χ0v) is 18.9. The number of aliphatic hydroxyl groups excluding tert-OH is 1. The predicted octanol–water partition coefficient (Wildman–Crippen LogP) is 1.48. The van der Waals surface area contributed by atoms with Crippen LogP contribution in [0.3, 0.4) is 0 Å². The van der Waals surface area contributed by atoms with Gasteiger partial charge in [-0.3, -0.25) is 14.4 Å². The van der Waals surface area contributed by atoms with Crippen molar-refractivity contribution in [1.82, 2.24) is 0 Å². The third kappa shape index (κ3) is 3.11. The Kier molecular flexibility index (Phi) is 5.18. The molecule has 4 rings (SSSR count). The Balaban J connectivity index is 1.74. The summed E-state index contributed by atoms with van der Waals surface area (Å²) in [4.78, 5) is 35.5. The maximum Gasteiger partial charge on any atom is 0.303 e. The van der Waals surface area contributed by atoms with Crippen LogP contribution in [0.5, 0.6) is 0 Å². The molecule has 0 radical (unpaired) electrons. The molecule has 9 nitrogen and oxygen atoms in total. The summed E-state index contributed by atoms with van der Waals surface area (Å²) < 4.78 is 29.3. The van der Waals surface area contributed by atoms with E-state index in [9.17, 15) is 19.5 Å². The van der Waals surface area contributed by atoms with Gasteiger partial charge in [0.1, 0.15) is 18.3 Å². The number of hydrogen-bond acceptors (Lipinski definition) is 9. The minimum Gasteiger partial charge on any atom is -0.456 e. The van der Waals surface area contributed by atoms with Crippen LogP contribution in [0.25, 0.3) is 0 Å². The minimum absolute atomic E-state index is 0.0487. The van der Waals surface area contributed by atoms with Gasteiger partial charge < -0.3 is 28.8 Å². The summed E-state index contributed by atoms with van der Waals surface area (Å²) in [5, 5.41) is 11.1. The van der Waals surface area contributed by atoms with E-state index in [4.69, 9.17) is 23.7 Å². The monoisotopic (exact) mass is 440 g/mol. The Labute approximate surface area is 181 Å². The van der Waals surface area contributed by atoms with Crippen molar-refractivity contribution in [3.05, 3.63) is 0 Å². The molecule has 1 aliphatic heterocycles. The third-order valence-electron chi connectivity index (χ3n) is 8.32. The maximum absolute atomic E-state index is 11.9. The summed E-state index contributed by atoms with van der Waals surface area (Å²) >= 11 is 0. The van der Waals surface area contributed by atoms with Crippen LogP contribution in [0.2, 0.25) is 0 Å². The van der Waals surface area contributed by atoms with Gasteiger partial charge in [0.15, 0.2) is 24.1 Å². The number of carbonyl (C=O) groups is 3. The molecule has 0 amide bonds. The number of rotatable bonds is 3. The first-order chi connectivity index (χ1) is 14.3. The van der Waals surface area contributed by atoms with Gasteiger partial charge in [-0.25, -0.2) is 0 Å². The van der Waals surface area contributed by atoms with Crippen LogP contribution in [0.15, 0.2) is 0 Å². The van der Waals surface area contributed by atoms with Gasteiger partial charge in [-0.15, -0.1) is 0 Å². The molecule has 3 aliphatic carbocycles. The lowest BCUT2D eigenvalue weighted by molar-refractivity contribution is -0.257. The topological polar surface area (TPSA) is 118 Å². The molecule has 1 N–H and O–H groups in total. The third-order valence-corrected chi connectivity index (χ3v) is 8.32. The molecule has 0 aromatic rings. The Hall–Kier alpha value is -1.71. The largest absolute Gasteiger partial charge is 0.456 e. The van der Waals surface area contributed by atoms with Crippen molar-refractivity contribution >= 4 is 17.9 Å². The molecule has 2 bridgehead atoms. The van der Waals surface area contributed by atoms with E-state index in [-0.39, 0.29) is 10.8 Å². The smallest absolute Gasteiger partial charge is 0.303 e. The highest BCUT2D eigenvalue weighted by molar-refractivity contribution is 5.68. The van der Waals surface area contributed by atoms with Gasteiger partial charge in [0.05, 0.1) is 0 Å². The fourth-order valence-electron chi connectivity index (χ4n) is 6.40. The van der Waals surface area contributed by atoms with Crippen LogP contribution in [0, 0.1) is 16.7 Å². The SMILES string of the molecule is CC(=O)O[C@H]1[C@@H]2OC3(C[C@H]4CC[C@]3(C)C4(C)C)O[C@@H]2[C@@H](O)[C@H](OC(C)=O)[C@H]1OC(C)=O. The van der Waals surface area contributed by atoms with Crippen molar-refractivity contribution in [3.8, 4) is 0 Å². The van der Waals surface area contributed by atoms with E-state index in [1.807, 2.05) is 0 Å². The van der Waals surface area contributed by atoms with E-state index in [0.29, 0.717) is 12.3 Å². The highest BCUT2D eigenvalue weighted by Crippen LogP contribution is 2.73. The number of carbonyl (C=O) groups excluding carboxylic acids is 3. The molecule has 0 aromatic carbocycles. The molecule has 1 spiro atoms. The summed E-state index contributed by atoms with van der Waals surface area (Å²) in [5.74, 6) is -2.52. The lowest BCUT2D eigenvalue weighted by Gasteiger charge is -2.45. The van der Waals surface area contributed by atoms with E-state index in [1.54, 1.807) is 0 Å². The van der Waals surface area contributed by atoms with Gasteiger partial charge >= 0.3 is 17.9 Å². The van der Waals surface area contributed by atoms with E-state index < -0.39 is 60.3 Å². The van der Waals surface area contributed by atoms with Gasteiger partial charge in [0, 0.05) is 32.6 Å². The number of fused-ring (bicyclic) bond motifs is 4. The van der Waals surface area contributed by atoms with Crippen molar-refractivity contribution in [2.75, 3.05) is 0 Å². The molecule has 1 saturated heterocycles. The Morgan fingerprint density at radius 3 is 1.84 bits per heavy atom. The summed E-state index contributed by atoms with van der Waals surface area (Å²) in [7, 11) is 0. The van der Waals surface area contributed by atoms with Crippen LogP contribution < -0.4 is 0 Å². The Morgan fingerprint density at radius 2 is 1.35 bits per heavy atom. The highest BCUT2D eigenvalue weighted by atomic mass is 16.8. The minimum atomic E-state index is -1.32. The molecular weight excluding hydrogens is 408 g/mol. The summed E-state index contributed by atoms with van der Waals surface area (Å²) in [6, 6.07) is 0. The molecule has 174 valence electrons. The molecule has 4 aliphatic rings. The molecule has 0 aromatic heterocycles. The molecule has 3 saturated carbocycles. The Bertz CT molecular complexity index is 794. The van der Waals surface area contributed by atoms with Gasteiger partial charge in [-0.1, -0.05) is 20.8 Å². The highest BCUT2D eigenvalue weighted by Gasteiger charge is 2.76. The first-order valence-corrected chi connectivity index (χ1v) is 10.9. The predicted molar refractivity (Wildman–Crippen MR) is 104 cm³/mol. The van der Waals surface area contributed by atoms with Crippen LogP contribution in [0.4, 0.5) is 0 Å². The average molecular weight is 440 g/mol. The number of hydrogen-bond donors (Lipinski definition) is 1. The van der Waals surface area contributed by atoms with Gasteiger partial charge in [-0.05, 0) is 24.2 Å². The molecule has 4 fully saturated rings. The van der Waals surface area contributed by atoms with E-state index in [0.717, 1.165) is 12.8 Å². The molecule has 31 heavy (non-hydrogen) atoms. The summed E-state index contributed by atoms with van der Waals surface area (Å²) in [6.07, 6.45) is -4.06. The van der Waals surface area contributed by atoms with Crippen LogP contribution in [0.1, 0.15) is 60.8 Å². The van der Waals surface area contributed by atoms with Crippen molar-refractivity contribution in [3.63, 3.8) is 0 Å². The first-order valence-electron chi connectivity index (χ1n) is 10.9. The number of esters is 3. The zero-order chi connectivity index (χ0) is 22.9. The quantitative estimate of drug-likeness (QED) is 0.514. The lowest BCUT2D eigenvalue weighted by Crippen LogP contribution is -2.65. The molecule has 1 unspecified atom stereocenters. The maximum atomic E-state index is 11.9. The summed E-state index contributed by atoms with van der Waals surface area (Å²) in [5.41, 5.74) is -0.372. The standard InChI is InChI=1S/C22H32O9/c1-10(23)27-15-14(26)16-19(18(29-12(3)25)17(15)28-11(2)24)31-22(30-16)9-13-7-8-21(22,6)20(13,4)5/h13-19,26H,7-9H2,1-6H3/t13-,14+,15+,16-,17-,18-,19-,21-,22?/m1/s1. The second-order valence-electron chi connectivity index (χ2n) is 10.1. The first kappa shape index (κ1) is 22.5. The van der Waals surface area contributed by atoms with Crippen LogP contribution in [-0.2, 0) is 38.1 Å².